The fourth-order valence-corrected chi connectivity index (χ4v) is 4.11. The highest BCUT2D eigenvalue weighted by molar-refractivity contribution is 7.13. The summed E-state index contributed by atoms with van der Waals surface area (Å²) in [6.45, 7) is 6.25. The third-order valence-corrected chi connectivity index (χ3v) is 5.58. The fraction of sp³-hybridized carbons (Fsp3) is 0.444. The standard InChI is InChI=1S/C18H22N4OS/c1-12(2)14-9-16(23-21-14)15-5-3-7-22(15)11-13-10-19-20-18(13)17-6-4-8-24-17/h4,6,8-10,12,15H,3,5,7,11H2,1-2H3,(H,19,20)/t15-/m1/s1. The quantitative estimate of drug-likeness (QED) is 0.737. The summed E-state index contributed by atoms with van der Waals surface area (Å²) in [5.41, 5.74) is 3.42. The van der Waals surface area contributed by atoms with Crippen molar-refractivity contribution in [2.45, 2.75) is 45.2 Å². The topological polar surface area (TPSA) is 58.0 Å². The highest BCUT2D eigenvalue weighted by Gasteiger charge is 2.30. The van der Waals surface area contributed by atoms with E-state index in [9.17, 15) is 0 Å². The first-order chi connectivity index (χ1) is 11.7. The van der Waals surface area contributed by atoms with E-state index in [1.54, 1.807) is 11.3 Å². The molecule has 5 nitrogen and oxygen atoms in total. The summed E-state index contributed by atoms with van der Waals surface area (Å²) in [5, 5.41) is 13.7. The monoisotopic (exact) mass is 342 g/mol. The molecule has 1 fully saturated rings. The zero-order valence-electron chi connectivity index (χ0n) is 14.0. The molecular formula is C18H22N4OS. The minimum Gasteiger partial charge on any atom is -0.359 e. The molecule has 0 spiro atoms. The Hall–Kier alpha value is -1.92. The summed E-state index contributed by atoms with van der Waals surface area (Å²) in [6, 6.07) is 6.65. The molecule has 4 rings (SSSR count). The number of hydrogen-bond donors (Lipinski definition) is 1. The largest absolute Gasteiger partial charge is 0.359 e. The van der Waals surface area contributed by atoms with E-state index in [4.69, 9.17) is 4.52 Å². The fourth-order valence-electron chi connectivity index (χ4n) is 3.35. The van der Waals surface area contributed by atoms with Gasteiger partial charge in [-0.3, -0.25) is 10.00 Å². The minimum absolute atomic E-state index is 0.316. The first-order valence-corrected chi connectivity index (χ1v) is 9.37. The Balaban J connectivity index is 1.55. The molecule has 1 aliphatic rings. The van der Waals surface area contributed by atoms with Crippen molar-refractivity contribution in [3.63, 3.8) is 0 Å². The van der Waals surface area contributed by atoms with Crippen LogP contribution in [0.2, 0.25) is 0 Å². The third kappa shape index (κ3) is 2.91. The Labute approximate surface area is 145 Å². The molecule has 24 heavy (non-hydrogen) atoms. The molecule has 1 aliphatic heterocycles. The Kier molecular flexibility index (Phi) is 4.24. The molecular weight excluding hydrogens is 320 g/mol. The van der Waals surface area contributed by atoms with Crippen molar-refractivity contribution in [3.05, 3.63) is 46.8 Å². The molecule has 0 aromatic carbocycles. The number of rotatable bonds is 5. The van der Waals surface area contributed by atoms with Crippen molar-refractivity contribution >= 4 is 11.3 Å². The van der Waals surface area contributed by atoms with Crippen LogP contribution in [0, 0.1) is 0 Å². The third-order valence-electron chi connectivity index (χ3n) is 4.69. The van der Waals surface area contributed by atoms with Crippen molar-refractivity contribution in [2.24, 2.45) is 0 Å². The molecule has 4 heterocycles. The van der Waals surface area contributed by atoms with Gasteiger partial charge in [0.2, 0.25) is 0 Å². The molecule has 0 unspecified atom stereocenters. The predicted molar refractivity (Wildman–Crippen MR) is 94.9 cm³/mol. The lowest BCUT2D eigenvalue weighted by atomic mass is 10.1. The second-order valence-corrected chi connectivity index (χ2v) is 7.63. The molecule has 3 aromatic heterocycles. The summed E-state index contributed by atoms with van der Waals surface area (Å²) in [6.07, 6.45) is 4.26. The maximum absolute atomic E-state index is 5.65. The number of nitrogens with zero attached hydrogens (tertiary/aromatic N) is 3. The van der Waals surface area contributed by atoms with Gasteiger partial charge in [-0.15, -0.1) is 11.3 Å². The van der Waals surface area contributed by atoms with Crippen LogP contribution >= 0.6 is 11.3 Å². The Bertz CT molecular complexity index is 790. The van der Waals surface area contributed by atoms with E-state index in [2.05, 4.69) is 57.7 Å². The number of thiophene rings is 1. The summed E-state index contributed by atoms with van der Waals surface area (Å²) < 4.78 is 5.65. The van der Waals surface area contributed by atoms with E-state index < -0.39 is 0 Å². The Morgan fingerprint density at radius 3 is 3.12 bits per heavy atom. The summed E-state index contributed by atoms with van der Waals surface area (Å²) >= 11 is 1.74. The summed E-state index contributed by atoms with van der Waals surface area (Å²) in [7, 11) is 0. The van der Waals surface area contributed by atoms with E-state index >= 15 is 0 Å². The van der Waals surface area contributed by atoms with Gasteiger partial charge in [-0.1, -0.05) is 25.1 Å². The van der Waals surface area contributed by atoms with Crippen molar-refractivity contribution in [1.82, 2.24) is 20.3 Å². The van der Waals surface area contributed by atoms with E-state index in [0.717, 1.165) is 36.7 Å². The number of aromatic amines is 1. The van der Waals surface area contributed by atoms with Crippen LogP contribution in [0.25, 0.3) is 10.6 Å². The van der Waals surface area contributed by atoms with Gasteiger partial charge in [-0.25, -0.2) is 0 Å². The van der Waals surface area contributed by atoms with Gasteiger partial charge < -0.3 is 4.52 Å². The number of aromatic nitrogens is 3. The summed E-state index contributed by atoms with van der Waals surface area (Å²) in [5.74, 6) is 1.40. The van der Waals surface area contributed by atoms with Crippen LogP contribution in [0.15, 0.2) is 34.3 Å². The molecule has 0 radical (unpaired) electrons. The van der Waals surface area contributed by atoms with Gasteiger partial charge in [0.05, 0.1) is 28.5 Å². The lowest BCUT2D eigenvalue weighted by Crippen LogP contribution is -2.22. The van der Waals surface area contributed by atoms with Gasteiger partial charge in [-0.05, 0) is 36.8 Å². The molecule has 3 aromatic rings. The van der Waals surface area contributed by atoms with Crippen molar-refractivity contribution in [2.75, 3.05) is 6.54 Å². The second kappa shape index (κ2) is 6.53. The van der Waals surface area contributed by atoms with Crippen LogP contribution in [-0.4, -0.2) is 26.8 Å². The van der Waals surface area contributed by atoms with Crippen LogP contribution in [0.1, 0.15) is 55.7 Å². The molecule has 1 saturated heterocycles. The average Bonchev–Trinajstić information content (AvgIpc) is 3.35. The van der Waals surface area contributed by atoms with Gasteiger partial charge in [0, 0.05) is 18.2 Å². The number of H-pyrrole nitrogens is 1. The van der Waals surface area contributed by atoms with Gasteiger partial charge in [0.1, 0.15) is 0 Å². The lowest BCUT2D eigenvalue weighted by molar-refractivity contribution is 0.206. The Morgan fingerprint density at radius 2 is 2.38 bits per heavy atom. The SMILES string of the molecule is CC(C)c1cc([C@H]2CCCN2Cc2cn[nH]c2-c2cccs2)on1. The molecule has 1 N–H and O–H groups in total. The number of likely N-dealkylation sites (tertiary alicyclic amines) is 1. The predicted octanol–water partition coefficient (Wildman–Crippen LogP) is 4.59. The number of hydrogen-bond acceptors (Lipinski definition) is 5. The smallest absolute Gasteiger partial charge is 0.154 e. The van der Waals surface area contributed by atoms with Gasteiger partial charge >= 0.3 is 0 Å². The van der Waals surface area contributed by atoms with Crippen LogP contribution in [-0.2, 0) is 6.54 Å². The zero-order valence-corrected chi connectivity index (χ0v) is 14.8. The molecule has 6 heteroatoms. The van der Waals surface area contributed by atoms with Gasteiger partial charge in [0.15, 0.2) is 5.76 Å². The Morgan fingerprint density at radius 1 is 1.46 bits per heavy atom. The van der Waals surface area contributed by atoms with E-state index in [1.807, 2.05) is 6.20 Å². The van der Waals surface area contributed by atoms with Crippen LogP contribution in [0.3, 0.4) is 0 Å². The van der Waals surface area contributed by atoms with Crippen LogP contribution in [0.4, 0.5) is 0 Å². The molecule has 0 amide bonds. The number of nitrogens with one attached hydrogen (secondary N) is 1. The first kappa shape index (κ1) is 15.6. The second-order valence-electron chi connectivity index (χ2n) is 6.68. The highest BCUT2D eigenvalue weighted by Crippen LogP contribution is 2.36. The molecule has 126 valence electrons. The van der Waals surface area contributed by atoms with E-state index in [-0.39, 0.29) is 0 Å². The first-order valence-electron chi connectivity index (χ1n) is 8.49. The molecule has 0 bridgehead atoms. The average molecular weight is 342 g/mol. The normalized spacial score (nSPS) is 18.7. The molecule has 0 saturated carbocycles. The van der Waals surface area contributed by atoms with Crippen molar-refractivity contribution in [3.8, 4) is 10.6 Å². The van der Waals surface area contributed by atoms with Crippen LogP contribution < -0.4 is 0 Å². The van der Waals surface area contributed by atoms with Crippen molar-refractivity contribution < 1.29 is 4.52 Å². The minimum atomic E-state index is 0.316. The van der Waals surface area contributed by atoms with Crippen molar-refractivity contribution in [1.29, 1.82) is 0 Å². The maximum Gasteiger partial charge on any atom is 0.154 e. The zero-order chi connectivity index (χ0) is 16.5. The van der Waals surface area contributed by atoms with Gasteiger partial charge in [-0.2, -0.15) is 5.10 Å². The maximum atomic E-state index is 5.65. The lowest BCUT2D eigenvalue weighted by Gasteiger charge is -2.22. The summed E-state index contributed by atoms with van der Waals surface area (Å²) in [4.78, 5) is 3.71. The van der Waals surface area contributed by atoms with E-state index in [0.29, 0.717) is 12.0 Å². The van der Waals surface area contributed by atoms with Gasteiger partial charge in [0.25, 0.3) is 0 Å². The van der Waals surface area contributed by atoms with E-state index in [1.165, 1.54) is 16.9 Å². The molecule has 1 atom stereocenters. The molecule has 0 aliphatic carbocycles. The van der Waals surface area contributed by atoms with Crippen LogP contribution in [0.5, 0.6) is 0 Å². The highest BCUT2D eigenvalue weighted by atomic mass is 32.1.